The molecule has 1 unspecified atom stereocenters. The molecular formula is C19H27FN4OS. The first-order valence-electron chi connectivity index (χ1n) is 8.75. The third kappa shape index (κ3) is 5.78. The number of thiazole rings is 1. The second-order valence-electron chi connectivity index (χ2n) is 5.99. The van der Waals surface area contributed by atoms with Crippen molar-refractivity contribution in [3.05, 3.63) is 51.7 Å². The Bertz CT molecular complexity index is 719. The van der Waals surface area contributed by atoms with E-state index in [2.05, 4.69) is 15.3 Å². The highest BCUT2D eigenvalue weighted by atomic mass is 32.1. The molecule has 1 heterocycles. The molecule has 0 fully saturated rings. The van der Waals surface area contributed by atoms with Gasteiger partial charge in [-0.3, -0.25) is 4.99 Å². The highest BCUT2D eigenvalue weighted by molar-refractivity contribution is 7.09. The second kappa shape index (κ2) is 10.2. The molecule has 0 amide bonds. The smallest absolute Gasteiger partial charge is 0.194 e. The molecule has 0 aliphatic rings. The van der Waals surface area contributed by atoms with Crippen LogP contribution < -0.4 is 5.32 Å². The normalized spacial score (nSPS) is 12.9. The number of halogens is 1. The number of hydrogen-bond acceptors (Lipinski definition) is 4. The van der Waals surface area contributed by atoms with Gasteiger partial charge in [0, 0.05) is 32.6 Å². The molecule has 26 heavy (non-hydrogen) atoms. The first-order chi connectivity index (χ1) is 12.5. The predicted octanol–water partition coefficient (Wildman–Crippen LogP) is 3.63. The van der Waals surface area contributed by atoms with Crippen LogP contribution in [0.1, 0.15) is 36.2 Å². The minimum Gasteiger partial charge on any atom is -0.375 e. The highest BCUT2D eigenvalue weighted by Crippen LogP contribution is 2.20. The fraction of sp³-hybridized carbons (Fsp3) is 0.474. The molecule has 142 valence electrons. The van der Waals surface area contributed by atoms with Crippen molar-refractivity contribution in [2.45, 2.75) is 32.9 Å². The van der Waals surface area contributed by atoms with Gasteiger partial charge in [0.15, 0.2) is 5.96 Å². The van der Waals surface area contributed by atoms with Gasteiger partial charge in [-0.1, -0.05) is 18.2 Å². The summed E-state index contributed by atoms with van der Waals surface area (Å²) in [5, 5.41) is 6.29. The quantitative estimate of drug-likeness (QED) is 0.563. The summed E-state index contributed by atoms with van der Waals surface area (Å²) in [5.74, 6) is 0.613. The third-order valence-corrected chi connectivity index (χ3v) is 5.02. The topological polar surface area (TPSA) is 49.8 Å². The van der Waals surface area contributed by atoms with Crippen LogP contribution in [0.3, 0.4) is 0 Å². The molecule has 1 aromatic carbocycles. The lowest BCUT2D eigenvalue weighted by Gasteiger charge is -2.21. The number of aromatic nitrogens is 1. The molecule has 0 radical (unpaired) electrons. The Morgan fingerprint density at radius 3 is 2.88 bits per heavy atom. The Balaban J connectivity index is 1.98. The number of hydrogen-bond donors (Lipinski definition) is 1. The molecular weight excluding hydrogens is 351 g/mol. The summed E-state index contributed by atoms with van der Waals surface area (Å²) in [6.07, 6.45) is 0.573. The van der Waals surface area contributed by atoms with Crippen LogP contribution in [0.2, 0.25) is 0 Å². The molecule has 0 aliphatic heterocycles. The van der Waals surface area contributed by atoms with E-state index >= 15 is 0 Å². The zero-order valence-electron chi connectivity index (χ0n) is 15.8. The van der Waals surface area contributed by atoms with Crippen LogP contribution in [0.15, 0.2) is 34.6 Å². The lowest BCUT2D eigenvalue weighted by atomic mass is 10.1. The molecule has 5 nitrogen and oxygen atoms in total. The van der Waals surface area contributed by atoms with Gasteiger partial charge in [0.1, 0.15) is 16.9 Å². The molecule has 0 bridgehead atoms. The molecule has 0 saturated carbocycles. The van der Waals surface area contributed by atoms with Crippen molar-refractivity contribution in [3.63, 3.8) is 0 Å². The van der Waals surface area contributed by atoms with Crippen molar-refractivity contribution in [2.24, 2.45) is 4.99 Å². The average molecular weight is 379 g/mol. The van der Waals surface area contributed by atoms with Crippen LogP contribution in [0.5, 0.6) is 0 Å². The number of nitrogens with zero attached hydrogens (tertiary/aromatic N) is 3. The van der Waals surface area contributed by atoms with E-state index in [0.29, 0.717) is 25.1 Å². The van der Waals surface area contributed by atoms with Crippen molar-refractivity contribution >= 4 is 17.3 Å². The zero-order valence-corrected chi connectivity index (χ0v) is 16.6. The molecule has 0 aliphatic carbocycles. The van der Waals surface area contributed by atoms with Gasteiger partial charge in [0.05, 0.1) is 12.2 Å². The maximum Gasteiger partial charge on any atom is 0.194 e. The number of guanidine groups is 1. The van der Waals surface area contributed by atoms with Crippen molar-refractivity contribution in [3.8, 4) is 0 Å². The number of nitrogens with one attached hydrogen (secondary N) is 1. The van der Waals surface area contributed by atoms with Crippen LogP contribution in [-0.2, 0) is 17.7 Å². The largest absolute Gasteiger partial charge is 0.375 e. The summed E-state index contributed by atoms with van der Waals surface area (Å²) in [6, 6.07) is 6.83. The summed E-state index contributed by atoms with van der Waals surface area (Å²) < 4.78 is 19.0. The van der Waals surface area contributed by atoms with Crippen LogP contribution in [0, 0.1) is 5.82 Å². The minimum absolute atomic E-state index is 0.00160. The van der Waals surface area contributed by atoms with Gasteiger partial charge < -0.3 is 15.0 Å². The lowest BCUT2D eigenvalue weighted by Crippen LogP contribution is -2.38. The zero-order chi connectivity index (χ0) is 18.9. The van der Waals surface area contributed by atoms with Gasteiger partial charge in [0.25, 0.3) is 0 Å². The molecule has 2 aromatic rings. The van der Waals surface area contributed by atoms with Gasteiger partial charge in [-0.2, -0.15) is 0 Å². The van der Waals surface area contributed by atoms with E-state index in [9.17, 15) is 4.39 Å². The van der Waals surface area contributed by atoms with Crippen LogP contribution in [0.4, 0.5) is 4.39 Å². The van der Waals surface area contributed by atoms with Crippen molar-refractivity contribution in [1.29, 1.82) is 0 Å². The maximum atomic E-state index is 13.7. The summed E-state index contributed by atoms with van der Waals surface area (Å²) >= 11 is 1.60. The first kappa shape index (κ1) is 20.3. The van der Waals surface area contributed by atoms with E-state index in [1.165, 1.54) is 6.07 Å². The highest BCUT2D eigenvalue weighted by Gasteiger charge is 2.12. The molecule has 1 aromatic heterocycles. The van der Waals surface area contributed by atoms with E-state index in [0.717, 1.165) is 23.2 Å². The molecule has 7 heteroatoms. The van der Waals surface area contributed by atoms with Gasteiger partial charge >= 0.3 is 0 Å². The lowest BCUT2D eigenvalue weighted by molar-refractivity contribution is 0.119. The fourth-order valence-corrected chi connectivity index (χ4v) is 3.30. The first-order valence-corrected chi connectivity index (χ1v) is 9.63. The summed E-state index contributed by atoms with van der Waals surface area (Å²) in [7, 11) is 3.66. The minimum atomic E-state index is -0.177. The summed E-state index contributed by atoms with van der Waals surface area (Å²) in [4.78, 5) is 11.3. The standard InChI is InChI=1S/C19H27FN4OS/c1-5-21-19(22-11-10-15-8-6-7-9-17(15)20)24(3)12-16-13-26-18(23-16)14(2)25-4/h6-9,13-14H,5,10-12H2,1-4H3,(H,21,22). The number of rotatable bonds is 8. The maximum absolute atomic E-state index is 13.7. The molecule has 1 N–H and O–H groups in total. The number of ether oxygens (including phenoxy) is 1. The van der Waals surface area contributed by atoms with Gasteiger partial charge in [-0.25, -0.2) is 9.37 Å². The van der Waals surface area contributed by atoms with Crippen molar-refractivity contribution < 1.29 is 9.13 Å². The Labute approximate surface area is 158 Å². The molecule has 0 spiro atoms. The third-order valence-electron chi connectivity index (χ3n) is 3.97. The second-order valence-corrected chi connectivity index (χ2v) is 6.88. The van der Waals surface area contributed by atoms with E-state index in [-0.39, 0.29) is 11.9 Å². The van der Waals surface area contributed by atoms with Crippen LogP contribution in [0.25, 0.3) is 0 Å². The number of aliphatic imine (C=N–C) groups is 1. The Kier molecular flexibility index (Phi) is 8.00. The average Bonchev–Trinajstić information content (AvgIpc) is 3.10. The molecule has 0 saturated heterocycles. The predicted molar refractivity (Wildman–Crippen MR) is 105 cm³/mol. The fourth-order valence-electron chi connectivity index (χ4n) is 2.45. The van der Waals surface area contributed by atoms with E-state index in [4.69, 9.17) is 4.74 Å². The summed E-state index contributed by atoms with van der Waals surface area (Å²) in [5.41, 5.74) is 1.67. The van der Waals surface area contributed by atoms with Crippen LogP contribution >= 0.6 is 11.3 Å². The Morgan fingerprint density at radius 1 is 1.42 bits per heavy atom. The number of methoxy groups -OCH3 is 1. The van der Waals surface area contributed by atoms with E-state index < -0.39 is 0 Å². The Morgan fingerprint density at radius 2 is 2.19 bits per heavy atom. The Hall–Kier alpha value is -1.99. The van der Waals surface area contributed by atoms with Gasteiger partial charge in [0.2, 0.25) is 0 Å². The van der Waals surface area contributed by atoms with Gasteiger partial charge in [-0.15, -0.1) is 11.3 Å². The molecule has 2 rings (SSSR count). The van der Waals surface area contributed by atoms with Crippen LogP contribution in [-0.4, -0.2) is 43.1 Å². The van der Waals surface area contributed by atoms with Crippen molar-refractivity contribution in [1.82, 2.24) is 15.2 Å². The summed E-state index contributed by atoms with van der Waals surface area (Å²) in [6.45, 7) is 5.96. The monoisotopic (exact) mass is 378 g/mol. The number of benzene rings is 1. The van der Waals surface area contributed by atoms with Crippen molar-refractivity contribution in [2.75, 3.05) is 27.2 Å². The SMILES string of the molecule is CCNC(=NCCc1ccccc1F)N(C)Cc1csc(C(C)OC)n1. The van der Waals surface area contributed by atoms with E-state index in [1.54, 1.807) is 30.6 Å². The molecule has 1 atom stereocenters. The van der Waals surface area contributed by atoms with E-state index in [1.807, 2.05) is 37.2 Å². The van der Waals surface area contributed by atoms with Gasteiger partial charge in [-0.05, 0) is 31.9 Å².